The van der Waals surface area contributed by atoms with Crippen molar-refractivity contribution in [3.05, 3.63) is 29.3 Å². The van der Waals surface area contributed by atoms with Crippen molar-refractivity contribution < 1.29 is 14.3 Å². The van der Waals surface area contributed by atoms with Gasteiger partial charge >= 0.3 is 5.97 Å². The van der Waals surface area contributed by atoms with E-state index in [2.05, 4.69) is 10.5 Å². The molecule has 0 bridgehead atoms. The van der Waals surface area contributed by atoms with E-state index in [0.29, 0.717) is 29.2 Å². The summed E-state index contributed by atoms with van der Waals surface area (Å²) in [4.78, 5) is 26.0. The Morgan fingerprint density at radius 1 is 1.46 bits per heavy atom. The molecule has 26 heavy (non-hydrogen) atoms. The second kappa shape index (κ2) is 9.91. The number of hydrogen-bond acceptors (Lipinski definition) is 6. The number of rotatable bonds is 7. The number of esters is 1. The number of alkyl halides is 1. The zero-order chi connectivity index (χ0) is 18.9. The summed E-state index contributed by atoms with van der Waals surface area (Å²) in [6, 6.07) is 5.19. The SMILES string of the molecule is CC(=O)OCc1ccc(N/N=C\C=N)c(C(=O)N2CCCC[C@H]2CCl)c1. The van der Waals surface area contributed by atoms with Crippen molar-refractivity contribution in [3.63, 3.8) is 0 Å². The molecule has 1 aromatic rings. The van der Waals surface area contributed by atoms with Gasteiger partial charge in [0.1, 0.15) is 6.61 Å². The summed E-state index contributed by atoms with van der Waals surface area (Å²) in [5, 5.41) is 10.9. The first-order valence-electron chi connectivity index (χ1n) is 8.48. The van der Waals surface area contributed by atoms with Crippen molar-refractivity contribution in [2.24, 2.45) is 5.10 Å². The maximum atomic E-state index is 13.1. The molecule has 0 saturated carbocycles. The summed E-state index contributed by atoms with van der Waals surface area (Å²) < 4.78 is 5.02. The van der Waals surface area contributed by atoms with Gasteiger partial charge < -0.3 is 15.0 Å². The highest BCUT2D eigenvalue weighted by Crippen LogP contribution is 2.25. The fourth-order valence-corrected chi connectivity index (χ4v) is 3.19. The molecule has 0 aromatic heterocycles. The number of piperidine rings is 1. The van der Waals surface area contributed by atoms with Gasteiger partial charge in [-0.2, -0.15) is 5.10 Å². The molecule has 0 aliphatic carbocycles. The van der Waals surface area contributed by atoms with Crippen LogP contribution in [-0.4, -0.2) is 47.7 Å². The number of halogens is 1. The van der Waals surface area contributed by atoms with Crippen LogP contribution in [0.5, 0.6) is 0 Å². The van der Waals surface area contributed by atoms with E-state index in [-0.39, 0.29) is 24.5 Å². The number of nitrogens with one attached hydrogen (secondary N) is 2. The smallest absolute Gasteiger partial charge is 0.302 e. The van der Waals surface area contributed by atoms with Crippen LogP contribution in [0.15, 0.2) is 23.3 Å². The third-order valence-electron chi connectivity index (χ3n) is 4.16. The highest BCUT2D eigenvalue weighted by molar-refractivity contribution is 6.18. The van der Waals surface area contributed by atoms with Crippen molar-refractivity contribution in [1.29, 1.82) is 5.41 Å². The molecule has 1 aliphatic rings. The Kier molecular flexibility index (Phi) is 7.59. The van der Waals surface area contributed by atoms with Gasteiger partial charge in [0.2, 0.25) is 0 Å². The monoisotopic (exact) mass is 378 g/mol. The van der Waals surface area contributed by atoms with E-state index in [1.165, 1.54) is 13.1 Å². The normalized spacial score (nSPS) is 17.2. The molecule has 1 aliphatic heterocycles. The molecule has 7 nitrogen and oxygen atoms in total. The van der Waals surface area contributed by atoms with Gasteiger partial charge in [-0.3, -0.25) is 15.0 Å². The number of hydrazone groups is 1. The molecular weight excluding hydrogens is 356 g/mol. The van der Waals surface area contributed by atoms with Crippen LogP contribution in [0, 0.1) is 5.41 Å². The molecule has 1 atom stereocenters. The third kappa shape index (κ3) is 5.29. The first kappa shape index (κ1) is 19.9. The summed E-state index contributed by atoms with van der Waals surface area (Å²) in [6.45, 7) is 2.10. The van der Waals surface area contributed by atoms with Gasteiger partial charge in [-0.15, -0.1) is 11.6 Å². The van der Waals surface area contributed by atoms with Crippen molar-refractivity contribution in [3.8, 4) is 0 Å². The van der Waals surface area contributed by atoms with E-state index in [4.69, 9.17) is 21.7 Å². The van der Waals surface area contributed by atoms with Crippen molar-refractivity contribution in [1.82, 2.24) is 4.90 Å². The summed E-state index contributed by atoms with van der Waals surface area (Å²) in [5.41, 5.74) is 4.47. The van der Waals surface area contributed by atoms with Crippen LogP contribution in [0.2, 0.25) is 0 Å². The Labute approximate surface area is 157 Å². The Hall–Kier alpha value is -2.41. The first-order valence-corrected chi connectivity index (χ1v) is 9.01. The van der Waals surface area contributed by atoms with Gasteiger partial charge in [-0.25, -0.2) is 0 Å². The van der Waals surface area contributed by atoms with Crippen molar-refractivity contribution in [2.75, 3.05) is 17.9 Å². The second-order valence-electron chi connectivity index (χ2n) is 6.02. The maximum Gasteiger partial charge on any atom is 0.302 e. The van der Waals surface area contributed by atoms with Crippen molar-refractivity contribution in [2.45, 2.75) is 38.8 Å². The number of hydrogen-bond donors (Lipinski definition) is 2. The number of likely N-dealkylation sites (tertiary alicyclic amines) is 1. The molecule has 0 spiro atoms. The van der Waals surface area contributed by atoms with Crippen LogP contribution in [0.25, 0.3) is 0 Å². The van der Waals surface area contributed by atoms with Crippen molar-refractivity contribution >= 4 is 41.6 Å². The largest absolute Gasteiger partial charge is 0.461 e. The van der Waals surface area contributed by atoms with E-state index in [0.717, 1.165) is 25.5 Å². The highest BCUT2D eigenvalue weighted by Gasteiger charge is 2.28. The second-order valence-corrected chi connectivity index (χ2v) is 6.33. The molecule has 140 valence electrons. The predicted molar refractivity (Wildman–Crippen MR) is 102 cm³/mol. The maximum absolute atomic E-state index is 13.1. The van der Waals surface area contributed by atoms with Gasteiger partial charge in [0, 0.05) is 31.6 Å². The van der Waals surface area contributed by atoms with E-state index >= 15 is 0 Å². The lowest BCUT2D eigenvalue weighted by Gasteiger charge is -2.35. The highest BCUT2D eigenvalue weighted by atomic mass is 35.5. The van der Waals surface area contributed by atoms with Gasteiger partial charge in [-0.1, -0.05) is 6.07 Å². The number of carbonyl (C=O) groups is 2. The number of amides is 1. The number of benzene rings is 1. The lowest BCUT2D eigenvalue weighted by atomic mass is 10.0. The van der Waals surface area contributed by atoms with Gasteiger partial charge in [-0.05, 0) is 37.0 Å². The van der Waals surface area contributed by atoms with Crippen LogP contribution in [0.1, 0.15) is 42.1 Å². The number of nitrogens with zero attached hydrogens (tertiary/aromatic N) is 2. The molecule has 0 unspecified atom stereocenters. The average Bonchev–Trinajstić information content (AvgIpc) is 2.66. The molecule has 1 amide bonds. The Morgan fingerprint density at radius 2 is 2.27 bits per heavy atom. The minimum Gasteiger partial charge on any atom is -0.461 e. The van der Waals surface area contributed by atoms with E-state index < -0.39 is 0 Å². The van der Waals surface area contributed by atoms with Gasteiger partial charge in [0.15, 0.2) is 0 Å². The Morgan fingerprint density at radius 3 is 2.96 bits per heavy atom. The Bertz CT molecular complexity index is 693. The minimum absolute atomic E-state index is 0.00738. The number of ether oxygens (including phenoxy) is 1. The molecule has 1 heterocycles. The molecule has 2 N–H and O–H groups in total. The molecule has 2 rings (SSSR count). The van der Waals surface area contributed by atoms with Gasteiger partial charge in [0.05, 0.1) is 17.5 Å². The van der Waals surface area contributed by atoms with E-state index in [9.17, 15) is 9.59 Å². The zero-order valence-electron chi connectivity index (χ0n) is 14.7. The van der Waals surface area contributed by atoms with E-state index in [1.807, 2.05) is 0 Å². The first-order chi connectivity index (χ1) is 12.6. The van der Waals surface area contributed by atoms with Crippen LogP contribution in [-0.2, 0) is 16.1 Å². The fraction of sp³-hybridized carbons (Fsp3) is 0.444. The standard InChI is InChI=1S/C18H23ClN4O3/c1-13(24)26-12-14-5-6-17(22-21-8-7-20)16(10-14)18(25)23-9-3-2-4-15(23)11-19/h5-8,10,15,20,22H,2-4,9,11-12H2,1H3/b20-7?,21-8-/t15-/m0/s1. The quantitative estimate of drug-likeness (QED) is 0.330. The lowest BCUT2D eigenvalue weighted by Crippen LogP contribution is -2.44. The summed E-state index contributed by atoms with van der Waals surface area (Å²) in [7, 11) is 0. The van der Waals surface area contributed by atoms with Crippen LogP contribution in [0.4, 0.5) is 5.69 Å². The molecular formula is C18H23ClN4O3. The fourth-order valence-electron chi connectivity index (χ4n) is 2.87. The average molecular weight is 379 g/mol. The van der Waals surface area contributed by atoms with E-state index in [1.54, 1.807) is 23.1 Å². The van der Waals surface area contributed by atoms with Crippen LogP contribution in [0.3, 0.4) is 0 Å². The minimum atomic E-state index is -0.381. The van der Waals surface area contributed by atoms with Gasteiger partial charge in [0.25, 0.3) is 5.91 Å². The lowest BCUT2D eigenvalue weighted by molar-refractivity contribution is -0.142. The molecule has 8 heteroatoms. The summed E-state index contributed by atoms with van der Waals surface area (Å²) in [6.07, 6.45) is 5.21. The zero-order valence-corrected chi connectivity index (χ0v) is 15.5. The number of anilines is 1. The molecule has 0 radical (unpaired) electrons. The summed E-state index contributed by atoms with van der Waals surface area (Å²) >= 11 is 6.05. The molecule has 1 fully saturated rings. The van der Waals surface area contributed by atoms with Crippen LogP contribution < -0.4 is 5.43 Å². The topological polar surface area (TPSA) is 94.8 Å². The molecule has 1 saturated heterocycles. The Balaban J connectivity index is 2.31. The summed E-state index contributed by atoms with van der Waals surface area (Å²) in [5.74, 6) is -0.116. The third-order valence-corrected chi connectivity index (χ3v) is 4.51. The van der Waals surface area contributed by atoms with Crippen LogP contribution >= 0.6 is 11.6 Å². The predicted octanol–water partition coefficient (Wildman–Crippen LogP) is 3.03. The number of carbonyl (C=O) groups excluding carboxylic acids is 2. The molecule has 1 aromatic carbocycles.